The average molecular weight is 684 g/mol. The first-order valence-corrected chi connectivity index (χ1v) is 16.1. The number of nitrogens with one attached hydrogen (secondary N) is 1. The molecular weight excluding hydrogens is 642 g/mol. The minimum atomic E-state index is -1.55. The summed E-state index contributed by atoms with van der Waals surface area (Å²) in [5.74, 6) is 1.21. The van der Waals surface area contributed by atoms with Gasteiger partial charge in [-0.2, -0.15) is 0 Å². The molecule has 0 bridgehead atoms. The third kappa shape index (κ3) is 8.46. The number of benzene rings is 4. The summed E-state index contributed by atoms with van der Waals surface area (Å²) in [4.78, 5) is 39.0. The number of carbonyl (C=O) groups is 3. The van der Waals surface area contributed by atoms with E-state index in [1.807, 2.05) is 54.6 Å². The fraction of sp³-hybridized carbons (Fsp3) is 0.308. The number of methoxy groups -OCH3 is 3. The Morgan fingerprint density at radius 3 is 2.18 bits per heavy atom. The minimum Gasteiger partial charge on any atom is -0.493 e. The van der Waals surface area contributed by atoms with E-state index in [0.717, 1.165) is 22.3 Å². The highest BCUT2D eigenvalue weighted by Crippen LogP contribution is 2.44. The Hall–Kier alpha value is -5.71. The van der Waals surface area contributed by atoms with Gasteiger partial charge in [0.25, 0.3) is 0 Å². The van der Waals surface area contributed by atoms with E-state index >= 15 is 0 Å². The highest BCUT2D eigenvalue weighted by Gasteiger charge is 2.43. The summed E-state index contributed by atoms with van der Waals surface area (Å²) < 4.78 is 39.3. The number of carbonyl (C=O) groups excluding carboxylic acids is 3. The Bertz CT molecular complexity index is 1850. The van der Waals surface area contributed by atoms with E-state index in [9.17, 15) is 14.4 Å². The molecule has 1 atom stereocenters. The second-order valence-corrected chi connectivity index (χ2v) is 12.7. The van der Waals surface area contributed by atoms with Crippen LogP contribution < -0.4 is 19.5 Å². The molecule has 0 aliphatic heterocycles. The van der Waals surface area contributed by atoms with E-state index in [-0.39, 0.29) is 30.8 Å². The maximum atomic E-state index is 13.3. The molecule has 50 heavy (non-hydrogen) atoms. The molecule has 1 amide bonds. The van der Waals surface area contributed by atoms with Gasteiger partial charge in [0, 0.05) is 18.4 Å². The largest absolute Gasteiger partial charge is 0.510 e. The van der Waals surface area contributed by atoms with Gasteiger partial charge in [-0.3, -0.25) is 5.32 Å². The van der Waals surface area contributed by atoms with Crippen LogP contribution in [0.25, 0.3) is 11.1 Å². The quantitative estimate of drug-likeness (QED) is 0.0997. The number of amides is 1. The monoisotopic (exact) mass is 683 g/mol. The van der Waals surface area contributed by atoms with Crippen LogP contribution >= 0.6 is 0 Å². The molecule has 1 N–H and O–H groups in total. The Balaban J connectivity index is 1.57. The zero-order valence-electron chi connectivity index (χ0n) is 29.0. The second-order valence-electron chi connectivity index (χ2n) is 12.7. The zero-order chi connectivity index (χ0) is 35.9. The molecule has 0 radical (unpaired) electrons. The smallest absolute Gasteiger partial charge is 0.493 e. The molecule has 0 fully saturated rings. The first-order chi connectivity index (χ1) is 23.9. The topological polar surface area (TPSA) is 128 Å². The maximum Gasteiger partial charge on any atom is 0.510 e. The molecule has 1 aliphatic carbocycles. The lowest BCUT2D eigenvalue weighted by atomic mass is 9.81. The van der Waals surface area contributed by atoms with E-state index in [0.29, 0.717) is 29.2 Å². The van der Waals surface area contributed by atoms with Crippen LogP contribution in [0, 0.1) is 0 Å². The molecule has 0 unspecified atom stereocenters. The Morgan fingerprint density at radius 1 is 0.780 bits per heavy atom. The van der Waals surface area contributed by atoms with Crippen molar-refractivity contribution in [1.82, 2.24) is 5.32 Å². The lowest BCUT2D eigenvalue weighted by molar-refractivity contribution is -0.0599. The van der Waals surface area contributed by atoms with Crippen molar-refractivity contribution in [2.24, 2.45) is 0 Å². The van der Waals surface area contributed by atoms with Crippen molar-refractivity contribution in [3.05, 3.63) is 107 Å². The lowest BCUT2D eigenvalue weighted by Crippen LogP contribution is -2.56. The van der Waals surface area contributed by atoms with Gasteiger partial charge in [0.15, 0.2) is 17.2 Å². The number of para-hydroxylation sites is 1. The van der Waals surface area contributed by atoms with Gasteiger partial charge in [-0.1, -0.05) is 54.6 Å². The first kappa shape index (κ1) is 35.6. The number of hydrogen-bond donors (Lipinski definition) is 1. The third-order valence-electron chi connectivity index (χ3n) is 8.04. The normalized spacial score (nSPS) is 15.2. The molecule has 1 aliphatic rings. The number of esters is 1. The van der Waals surface area contributed by atoms with Crippen molar-refractivity contribution in [2.45, 2.75) is 58.0 Å². The van der Waals surface area contributed by atoms with Gasteiger partial charge >= 0.3 is 18.2 Å². The number of alkyl carbamates (subject to hydrolysis) is 1. The standard InChI is InChI=1S/C39H41NO10/c1-38(2,3)49-36(42)40-39(50-37(43)46-6)21-20-28-27(26-16-18-33(44-4)34(22-26)45-5)17-19-32(30(28)23-39)48-31-15-11-10-14-29(31)35(41)47-24-25-12-8-7-9-13-25/h7-19,22H,20-21,23-24H2,1-6H3,(H,40,42)/t39-/m0/s1. The van der Waals surface area contributed by atoms with Crippen molar-refractivity contribution in [3.8, 4) is 34.1 Å². The molecule has 4 aromatic carbocycles. The zero-order valence-corrected chi connectivity index (χ0v) is 29.0. The average Bonchev–Trinajstić information content (AvgIpc) is 3.10. The summed E-state index contributed by atoms with van der Waals surface area (Å²) in [6, 6.07) is 25.5. The Kier molecular flexibility index (Phi) is 10.8. The third-order valence-corrected chi connectivity index (χ3v) is 8.04. The molecule has 0 saturated carbocycles. The maximum absolute atomic E-state index is 13.3. The number of ether oxygens (including phenoxy) is 7. The SMILES string of the molecule is COC(=O)O[C@@]1(NC(=O)OC(C)(C)C)CCc2c(-c3ccc(OC)c(OC)c3)ccc(Oc3ccccc3C(=O)OCc3ccccc3)c2C1. The summed E-state index contributed by atoms with van der Waals surface area (Å²) >= 11 is 0. The summed E-state index contributed by atoms with van der Waals surface area (Å²) in [6.07, 6.45) is -1.21. The van der Waals surface area contributed by atoms with E-state index in [1.54, 1.807) is 65.3 Å². The Labute approximate surface area is 291 Å². The van der Waals surface area contributed by atoms with Crippen LogP contribution in [0.2, 0.25) is 0 Å². The van der Waals surface area contributed by atoms with Crippen LogP contribution in [-0.4, -0.2) is 50.9 Å². The van der Waals surface area contributed by atoms with Gasteiger partial charge < -0.3 is 33.2 Å². The van der Waals surface area contributed by atoms with Gasteiger partial charge in [-0.05, 0) is 79.8 Å². The fourth-order valence-electron chi connectivity index (χ4n) is 5.78. The molecule has 5 rings (SSSR count). The van der Waals surface area contributed by atoms with E-state index in [2.05, 4.69) is 5.32 Å². The lowest BCUT2D eigenvalue weighted by Gasteiger charge is -2.39. The second kappa shape index (κ2) is 15.2. The summed E-state index contributed by atoms with van der Waals surface area (Å²) in [7, 11) is 4.33. The van der Waals surface area contributed by atoms with Crippen LogP contribution in [0.3, 0.4) is 0 Å². The van der Waals surface area contributed by atoms with Crippen LogP contribution in [0.15, 0.2) is 84.9 Å². The van der Waals surface area contributed by atoms with Crippen LogP contribution in [-0.2, 0) is 38.4 Å². The molecule has 0 spiro atoms. The van der Waals surface area contributed by atoms with Crippen molar-refractivity contribution in [2.75, 3.05) is 21.3 Å². The molecular formula is C39H41NO10. The predicted molar refractivity (Wildman–Crippen MR) is 185 cm³/mol. The molecule has 0 saturated heterocycles. The van der Waals surface area contributed by atoms with Gasteiger partial charge in [0.1, 0.15) is 29.3 Å². The number of hydrogen-bond acceptors (Lipinski definition) is 10. The highest BCUT2D eigenvalue weighted by atomic mass is 16.7. The van der Waals surface area contributed by atoms with Crippen molar-refractivity contribution < 1.29 is 47.5 Å². The van der Waals surface area contributed by atoms with Gasteiger partial charge in [0.2, 0.25) is 0 Å². The molecule has 11 heteroatoms. The van der Waals surface area contributed by atoms with Crippen LogP contribution in [0.1, 0.15) is 54.2 Å². The van der Waals surface area contributed by atoms with E-state index in [4.69, 9.17) is 33.2 Å². The predicted octanol–water partition coefficient (Wildman–Crippen LogP) is 8.01. The summed E-state index contributed by atoms with van der Waals surface area (Å²) in [6.45, 7) is 5.30. The minimum absolute atomic E-state index is 0.00619. The fourth-order valence-corrected chi connectivity index (χ4v) is 5.78. The van der Waals surface area contributed by atoms with Gasteiger partial charge in [-0.25, -0.2) is 14.4 Å². The van der Waals surface area contributed by atoms with E-state index in [1.165, 1.54) is 7.11 Å². The molecule has 262 valence electrons. The van der Waals surface area contributed by atoms with Crippen LogP contribution in [0.5, 0.6) is 23.0 Å². The van der Waals surface area contributed by atoms with Gasteiger partial charge in [0.05, 0.1) is 21.3 Å². The number of rotatable bonds is 10. The summed E-state index contributed by atoms with van der Waals surface area (Å²) in [5.41, 5.74) is 1.94. The van der Waals surface area contributed by atoms with Crippen LogP contribution in [0.4, 0.5) is 9.59 Å². The molecule has 11 nitrogen and oxygen atoms in total. The van der Waals surface area contributed by atoms with E-state index < -0.39 is 29.5 Å². The van der Waals surface area contributed by atoms with Crippen molar-refractivity contribution in [1.29, 1.82) is 0 Å². The van der Waals surface area contributed by atoms with Gasteiger partial charge in [-0.15, -0.1) is 0 Å². The van der Waals surface area contributed by atoms with Crippen molar-refractivity contribution >= 4 is 18.2 Å². The molecule has 0 heterocycles. The van der Waals surface area contributed by atoms with Crippen molar-refractivity contribution in [3.63, 3.8) is 0 Å². The Morgan fingerprint density at radius 2 is 1.48 bits per heavy atom. The first-order valence-electron chi connectivity index (χ1n) is 16.1. The number of fused-ring (bicyclic) bond motifs is 1. The molecule has 4 aromatic rings. The highest BCUT2D eigenvalue weighted by molar-refractivity contribution is 5.92. The molecule has 0 aromatic heterocycles. The summed E-state index contributed by atoms with van der Waals surface area (Å²) in [5, 5.41) is 2.79.